The molecule has 58 valence electrons. The Morgan fingerprint density at radius 1 is 1.10 bits per heavy atom. The predicted octanol–water partition coefficient (Wildman–Crippen LogP) is -0.615. The van der Waals surface area contributed by atoms with Crippen molar-refractivity contribution in [3.8, 4) is 0 Å². The average molecular weight is 141 g/mol. The van der Waals surface area contributed by atoms with Crippen molar-refractivity contribution in [3.63, 3.8) is 0 Å². The number of rotatable bonds is 0. The molecule has 4 N–H and O–H groups in total. The number of nitrogens with two attached hydrogens (primary N) is 1. The second-order valence-corrected chi connectivity index (χ2v) is 3.37. The molecule has 0 aromatic carbocycles. The van der Waals surface area contributed by atoms with Crippen molar-refractivity contribution >= 4 is 0 Å². The van der Waals surface area contributed by atoms with Crippen LogP contribution < -0.4 is 16.4 Å². The van der Waals surface area contributed by atoms with Gasteiger partial charge in [-0.3, -0.25) is 0 Å². The molecule has 10 heavy (non-hydrogen) atoms. The SMILES string of the molecule is NC1CCC2NCNC2C1. The first-order valence-corrected chi connectivity index (χ1v) is 4.08. The van der Waals surface area contributed by atoms with E-state index < -0.39 is 0 Å². The van der Waals surface area contributed by atoms with Crippen molar-refractivity contribution in [2.45, 2.75) is 37.4 Å². The molecule has 1 saturated heterocycles. The molecule has 3 heteroatoms. The summed E-state index contributed by atoms with van der Waals surface area (Å²) < 4.78 is 0. The summed E-state index contributed by atoms with van der Waals surface area (Å²) in [5, 5.41) is 6.81. The van der Waals surface area contributed by atoms with Crippen LogP contribution in [0.25, 0.3) is 0 Å². The summed E-state index contributed by atoms with van der Waals surface area (Å²) >= 11 is 0. The number of fused-ring (bicyclic) bond motifs is 1. The van der Waals surface area contributed by atoms with E-state index in [4.69, 9.17) is 5.73 Å². The number of hydrogen-bond donors (Lipinski definition) is 3. The van der Waals surface area contributed by atoms with Gasteiger partial charge in [0.15, 0.2) is 0 Å². The molecule has 0 bridgehead atoms. The normalized spacial score (nSPS) is 47.1. The molecular formula is C7H15N3. The first-order chi connectivity index (χ1) is 4.86. The second kappa shape index (κ2) is 2.49. The zero-order valence-corrected chi connectivity index (χ0v) is 6.14. The molecule has 2 fully saturated rings. The van der Waals surface area contributed by atoms with E-state index in [1.165, 1.54) is 12.8 Å². The lowest BCUT2D eigenvalue weighted by Crippen LogP contribution is -2.44. The predicted molar refractivity (Wildman–Crippen MR) is 40.5 cm³/mol. The van der Waals surface area contributed by atoms with E-state index in [-0.39, 0.29) is 0 Å². The molecule has 3 nitrogen and oxygen atoms in total. The van der Waals surface area contributed by atoms with Gasteiger partial charge in [0.25, 0.3) is 0 Å². The fourth-order valence-electron chi connectivity index (χ4n) is 1.99. The first kappa shape index (κ1) is 6.58. The van der Waals surface area contributed by atoms with Crippen LogP contribution in [0.2, 0.25) is 0 Å². The highest BCUT2D eigenvalue weighted by molar-refractivity contribution is 4.94. The van der Waals surface area contributed by atoms with Gasteiger partial charge in [0.05, 0.1) is 0 Å². The van der Waals surface area contributed by atoms with E-state index in [2.05, 4.69) is 10.6 Å². The van der Waals surface area contributed by atoms with Crippen LogP contribution in [0.3, 0.4) is 0 Å². The van der Waals surface area contributed by atoms with E-state index in [1.807, 2.05) is 0 Å². The van der Waals surface area contributed by atoms with E-state index in [9.17, 15) is 0 Å². The largest absolute Gasteiger partial charge is 0.328 e. The lowest BCUT2D eigenvalue weighted by atomic mass is 9.88. The molecule has 1 heterocycles. The molecule has 3 unspecified atom stereocenters. The van der Waals surface area contributed by atoms with Gasteiger partial charge in [-0.1, -0.05) is 0 Å². The minimum atomic E-state index is 0.439. The van der Waals surface area contributed by atoms with Gasteiger partial charge in [-0.25, -0.2) is 0 Å². The van der Waals surface area contributed by atoms with Crippen LogP contribution in [0, 0.1) is 0 Å². The molecule has 2 aliphatic rings. The Labute approximate surface area is 61.4 Å². The lowest BCUT2D eigenvalue weighted by molar-refractivity contribution is 0.338. The Hall–Kier alpha value is -0.120. The molecule has 3 atom stereocenters. The fourth-order valence-corrected chi connectivity index (χ4v) is 1.99. The van der Waals surface area contributed by atoms with Gasteiger partial charge in [0, 0.05) is 24.8 Å². The Morgan fingerprint density at radius 2 is 1.90 bits per heavy atom. The summed E-state index contributed by atoms with van der Waals surface area (Å²) in [5.74, 6) is 0. The van der Waals surface area contributed by atoms with Gasteiger partial charge in [0.2, 0.25) is 0 Å². The maximum Gasteiger partial charge on any atom is 0.0459 e. The van der Waals surface area contributed by atoms with Crippen molar-refractivity contribution in [1.29, 1.82) is 0 Å². The van der Waals surface area contributed by atoms with Gasteiger partial charge in [-0.05, 0) is 19.3 Å². The third-order valence-electron chi connectivity index (χ3n) is 2.62. The standard InChI is InChI=1S/C7H15N3/c8-5-1-2-6-7(3-5)10-4-9-6/h5-7,9-10H,1-4,8H2. The highest BCUT2D eigenvalue weighted by atomic mass is 15.2. The molecule has 1 saturated carbocycles. The van der Waals surface area contributed by atoms with Crippen LogP contribution in [0.1, 0.15) is 19.3 Å². The smallest absolute Gasteiger partial charge is 0.0459 e. The summed E-state index contributed by atoms with van der Waals surface area (Å²) in [4.78, 5) is 0. The van der Waals surface area contributed by atoms with Gasteiger partial charge >= 0.3 is 0 Å². The van der Waals surface area contributed by atoms with Crippen molar-refractivity contribution in [1.82, 2.24) is 10.6 Å². The van der Waals surface area contributed by atoms with Gasteiger partial charge in [-0.2, -0.15) is 0 Å². The van der Waals surface area contributed by atoms with Crippen LogP contribution in [0.4, 0.5) is 0 Å². The zero-order chi connectivity index (χ0) is 6.97. The summed E-state index contributed by atoms with van der Waals surface area (Å²) in [5.41, 5.74) is 5.82. The quantitative estimate of drug-likeness (QED) is 0.421. The summed E-state index contributed by atoms with van der Waals surface area (Å²) in [6.45, 7) is 0.974. The molecule has 1 aliphatic carbocycles. The molecule has 0 radical (unpaired) electrons. The maximum absolute atomic E-state index is 5.82. The minimum Gasteiger partial charge on any atom is -0.328 e. The first-order valence-electron chi connectivity index (χ1n) is 4.08. The fraction of sp³-hybridized carbons (Fsp3) is 1.00. The van der Waals surface area contributed by atoms with Crippen molar-refractivity contribution in [2.75, 3.05) is 6.67 Å². The Bertz CT molecular complexity index is 126. The third-order valence-corrected chi connectivity index (χ3v) is 2.62. The van der Waals surface area contributed by atoms with E-state index >= 15 is 0 Å². The molecule has 1 aliphatic heterocycles. The molecule has 0 aromatic rings. The van der Waals surface area contributed by atoms with Crippen LogP contribution in [-0.2, 0) is 0 Å². The van der Waals surface area contributed by atoms with Gasteiger partial charge in [0.1, 0.15) is 0 Å². The van der Waals surface area contributed by atoms with E-state index in [1.54, 1.807) is 0 Å². The highest BCUT2D eigenvalue weighted by Gasteiger charge is 2.31. The van der Waals surface area contributed by atoms with Crippen LogP contribution >= 0.6 is 0 Å². The number of hydrogen-bond acceptors (Lipinski definition) is 3. The Morgan fingerprint density at radius 3 is 2.80 bits per heavy atom. The topological polar surface area (TPSA) is 50.1 Å². The van der Waals surface area contributed by atoms with E-state index in [0.717, 1.165) is 13.1 Å². The van der Waals surface area contributed by atoms with Crippen molar-refractivity contribution in [2.24, 2.45) is 5.73 Å². The highest BCUT2D eigenvalue weighted by Crippen LogP contribution is 2.19. The van der Waals surface area contributed by atoms with Crippen molar-refractivity contribution in [3.05, 3.63) is 0 Å². The average Bonchev–Trinajstić information content (AvgIpc) is 2.33. The third kappa shape index (κ3) is 1.05. The Kier molecular flexibility index (Phi) is 1.64. The van der Waals surface area contributed by atoms with Crippen LogP contribution in [0.5, 0.6) is 0 Å². The van der Waals surface area contributed by atoms with Crippen LogP contribution in [0.15, 0.2) is 0 Å². The molecular weight excluding hydrogens is 126 g/mol. The molecule has 0 aromatic heterocycles. The Balaban J connectivity index is 1.96. The zero-order valence-electron chi connectivity index (χ0n) is 6.14. The summed E-state index contributed by atoms with van der Waals surface area (Å²) in [6.07, 6.45) is 3.59. The second-order valence-electron chi connectivity index (χ2n) is 3.37. The molecule has 0 amide bonds. The van der Waals surface area contributed by atoms with Crippen LogP contribution in [-0.4, -0.2) is 24.8 Å². The summed E-state index contributed by atoms with van der Waals surface area (Å²) in [6, 6.07) is 1.80. The van der Waals surface area contributed by atoms with Gasteiger partial charge in [-0.15, -0.1) is 0 Å². The minimum absolute atomic E-state index is 0.439. The van der Waals surface area contributed by atoms with Gasteiger partial charge < -0.3 is 16.4 Å². The maximum atomic E-state index is 5.82. The van der Waals surface area contributed by atoms with E-state index in [0.29, 0.717) is 18.1 Å². The molecule has 0 spiro atoms. The monoisotopic (exact) mass is 141 g/mol. The molecule has 2 rings (SSSR count). The lowest BCUT2D eigenvalue weighted by Gasteiger charge is -2.28. The summed E-state index contributed by atoms with van der Waals surface area (Å²) in [7, 11) is 0. The number of nitrogens with one attached hydrogen (secondary N) is 2. The van der Waals surface area contributed by atoms with Crippen molar-refractivity contribution < 1.29 is 0 Å².